The van der Waals surface area contributed by atoms with E-state index in [2.05, 4.69) is 26.0 Å². The number of thiophene rings is 1. The number of hydrogen-bond donors (Lipinski definition) is 2. The monoisotopic (exact) mass is 374 g/mol. The fraction of sp³-hybridized carbons (Fsp3) is 0.231. The first-order valence-electron chi connectivity index (χ1n) is 6.08. The zero-order chi connectivity index (χ0) is 14.6. The van der Waals surface area contributed by atoms with E-state index in [-0.39, 0.29) is 4.21 Å². The summed E-state index contributed by atoms with van der Waals surface area (Å²) in [6.07, 6.45) is 0. The van der Waals surface area contributed by atoms with E-state index in [0.29, 0.717) is 10.2 Å². The lowest BCUT2D eigenvalue weighted by atomic mass is 10.2. The van der Waals surface area contributed by atoms with Crippen molar-refractivity contribution in [2.24, 2.45) is 0 Å². The molecule has 0 fully saturated rings. The normalized spacial score (nSPS) is 11.5. The summed E-state index contributed by atoms with van der Waals surface area (Å²) in [5, 5.41) is 4.95. The molecule has 4 nitrogen and oxygen atoms in total. The molecule has 0 unspecified atom stereocenters. The Morgan fingerprint density at radius 2 is 1.90 bits per heavy atom. The summed E-state index contributed by atoms with van der Waals surface area (Å²) >= 11 is 4.42. The average molecular weight is 375 g/mol. The molecule has 7 heteroatoms. The molecule has 0 aliphatic carbocycles. The summed E-state index contributed by atoms with van der Waals surface area (Å²) in [5.74, 6) is 0. The standard InChI is InChI=1S/C13H15BrN2O2S2/c1-2-15-9-10-3-5-11(6-4-10)16-20(17,18)13-12(14)7-8-19-13/h3-8,15-16H,2,9H2,1H3. The second-order valence-corrected chi connectivity index (χ2v) is 7.79. The maximum Gasteiger partial charge on any atom is 0.272 e. The van der Waals surface area contributed by atoms with Gasteiger partial charge in [-0.25, -0.2) is 8.42 Å². The van der Waals surface area contributed by atoms with Crippen LogP contribution in [-0.4, -0.2) is 15.0 Å². The van der Waals surface area contributed by atoms with Gasteiger partial charge in [-0.05, 0) is 51.6 Å². The molecule has 0 amide bonds. The number of hydrogen-bond acceptors (Lipinski definition) is 4. The van der Waals surface area contributed by atoms with Crippen LogP contribution in [0.1, 0.15) is 12.5 Å². The van der Waals surface area contributed by atoms with Crippen LogP contribution in [0.3, 0.4) is 0 Å². The lowest BCUT2D eigenvalue weighted by Gasteiger charge is -2.08. The third-order valence-corrected chi connectivity index (χ3v) is 6.67. The van der Waals surface area contributed by atoms with Gasteiger partial charge in [0.25, 0.3) is 10.0 Å². The Balaban J connectivity index is 2.12. The van der Waals surface area contributed by atoms with Gasteiger partial charge in [0.2, 0.25) is 0 Å². The largest absolute Gasteiger partial charge is 0.313 e. The SMILES string of the molecule is CCNCc1ccc(NS(=O)(=O)c2sccc2Br)cc1. The summed E-state index contributed by atoms with van der Waals surface area (Å²) in [4.78, 5) is 0. The van der Waals surface area contributed by atoms with Gasteiger partial charge in [-0.3, -0.25) is 4.72 Å². The molecule has 0 radical (unpaired) electrons. The number of nitrogens with one attached hydrogen (secondary N) is 2. The maximum absolute atomic E-state index is 12.2. The molecule has 1 heterocycles. The van der Waals surface area contributed by atoms with Gasteiger partial charge in [-0.15, -0.1) is 11.3 Å². The smallest absolute Gasteiger partial charge is 0.272 e. The minimum atomic E-state index is -3.52. The highest BCUT2D eigenvalue weighted by molar-refractivity contribution is 9.10. The second-order valence-electron chi connectivity index (χ2n) is 4.14. The Morgan fingerprint density at radius 3 is 2.45 bits per heavy atom. The van der Waals surface area contributed by atoms with Crippen LogP contribution in [-0.2, 0) is 16.6 Å². The number of halogens is 1. The molecule has 0 atom stereocenters. The van der Waals surface area contributed by atoms with Gasteiger partial charge in [-0.2, -0.15) is 0 Å². The van der Waals surface area contributed by atoms with Crippen molar-refractivity contribution in [1.82, 2.24) is 5.32 Å². The number of benzene rings is 1. The number of sulfonamides is 1. The van der Waals surface area contributed by atoms with Gasteiger partial charge in [0.1, 0.15) is 0 Å². The fourth-order valence-electron chi connectivity index (χ4n) is 1.63. The van der Waals surface area contributed by atoms with E-state index in [9.17, 15) is 8.42 Å². The molecule has 0 aliphatic heterocycles. The highest BCUT2D eigenvalue weighted by Gasteiger charge is 2.19. The van der Waals surface area contributed by atoms with Gasteiger partial charge in [0.05, 0.1) is 0 Å². The third-order valence-electron chi connectivity index (χ3n) is 2.61. The molecular formula is C13H15BrN2O2S2. The van der Waals surface area contributed by atoms with E-state index in [0.717, 1.165) is 18.7 Å². The predicted octanol–water partition coefficient (Wildman–Crippen LogP) is 3.42. The van der Waals surface area contributed by atoms with E-state index >= 15 is 0 Å². The molecule has 20 heavy (non-hydrogen) atoms. The van der Waals surface area contributed by atoms with Crippen LogP contribution in [0.15, 0.2) is 44.4 Å². The minimum Gasteiger partial charge on any atom is -0.313 e. The average Bonchev–Trinajstić information content (AvgIpc) is 2.85. The van der Waals surface area contributed by atoms with E-state index in [1.165, 1.54) is 11.3 Å². The lowest BCUT2D eigenvalue weighted by Crippen LogP contribution is -2.13. The quantitative estimate of drug-likeness (QED) is 0.814. The minimum absolute atomic E-state index is 0.286. The van der Waals surface area contributed by atoms with Crippen LogP contribution in [0.25, 0.3) is 0 Å². The Hall–Kier alpha value is -0.890. The van der Waals surface area contributed by atoms with Crippen molar-refractivity contribution in [3.8, 4) is 0 Å². The highest BCUT2D eigenvalue weighted by Crippen LogP contribution is 2.29. The van der Waals surface area contributed by atoms with Gasteiger partial charge < -0.3 is 5.32 Å². The van der Waals surface area contributed by atoms with Gasteiger partial charge in [0.15, 0.2) is 4.21 Å². The Bertz CT molecular complexity index is 666. The summed E-state index contributed by atoms with van der Waals surface area (Å²) in [5.41, 5.74) is 1.68. The zero-order valence-corrected chi connectivity index (χ0v) is 14.1. The molecule has 1 aromatic carbocycles. The van der Waals surface area contributed by atoms with E-state index in [1.807, 2.05) is 19.1 Å². The number of rotatable bonds is 6. The molecule has 2 rings (SSSR count). The van der Waals surface area contributed by atoms with E-state index in [4.69, 9.17) is 0 Å². The van der Waals surface area contributed by atoms with Crippen LogP contribution < -0.4 is 10.0 Å². The molecule has 1 aromatic heterocycles. The molecule has 2 N–H and O–H groups in total. The molecule has 0 spiro atoms. The summed E-state index contributed by atoms with van der Waals surface area (Å²) in [7, 11) is -3.52. The number of anilines is 1. The third kappa shape index (κ3) is 3.82. The van der Waals surface area contributed by atoms with Crippen molar-refractivity contribution in [2.45, 2.75) is 17.7 Å². The van der Waals surface area contributed by atoms with Crippen molar-refractivity contribution < 1.29 is 8.42 Å². The van der Waals surface area contributed by atoms with E-state index < -0.39 is 10.0 Å². The van der Waals surface area contributed by atoms with Crippen LogP contribution in [0.2, 0.25) is 0 Å². The summed E-state index contributed by atoms with van der Waals surface area (Å²) in [6, 6.07) is 9.07. The molecule has 2 aromatic rings. The molecule has 0 saturated carbocycles. The van der Waals surface area contributed by atoms with Crippen molar-refractivity contribution >= 4 is 43.0 Å². The Labute approximate surface area is 131 Å². The maximum atomic E-state index is 12.2. The summed E-state index contributed by atoms with van der Waals surface area (Å²) in [6.45, 7) is 3.72. The Kier molecular flexibility index (Phi) is 5.20. The highest BCUT2D eigenvalue weighted by atomic mass is 79.9. The topological polar surface area (TPSA) is 58.2 Å². The zero-order valence-electron chi connectivity index (χ0n) is 10.9. The van der Waals surface area contributed by atoms with Crippen molar-refractivity contribution in [2.75, 3.05) is 11.3 Å². The molecule has 0 saturated heterocycles. The predicted molar refractivity (Wildman–Crippen MR) is 86.7 cm³/mol. The van der Waals surface area contributed by atoms with Crippen molar-refractivity contribution in [1.29, 1.82) is 0 Å². The van der Waals surface area contributed by atoms with Crippen molar-refractivity contribution in [3.63, 3.8) is 0 Å². The second kappa shape index (κ2) is 6.71. The molecule has 0 aliphatic rings. The molecule has 108 valence electrons. The molecule has 0 bridgehead atoms. The first-order valence-corrected chi connectivity index (χ1v) is 9.24. The molecular weight excluding hydrogens is 360 g/mol. The van der Waals surface area contributed by atoms with Crippen molar-refractivity contribution in [3.05, 3.63) is 45.7 Å². The Morgan fingerprint density at radius 1 is 1.20 bits per heavy atom. The van der Waals surface area contributed by atoms with Crippen LogP contribution in [0, 0.1) is 0 Å². The summed E-state index contributed by atoms with van der Waals surface area (Å²) < 4.78 is 27.8. The van der Waals surface area contributed by atoms with Crippen LogP contribution in [0.4, 0.5) is 5.69 Å². The fourth-order valence-corrected chi connectivity index (χ4v) is 5.03. The van der Waals surface area contributed by atoms with Crippen LogP contribution in [0.5, 0.6) is 0 Å². The van der Waals surface area contributed by atoms with Crippen LogP contribution >= 0.6 is 27.3 Å². The first-order chi connectivity index (χ1) is 9.53. The van der Waals surface area contributed by atoms with Gasteiger partial charge >= 0.3 is 0 Å². The van der Waals surface area contributed by atoms with E-state index in [1.54, 1.807) is 23.6 Å². The lowest BCUT2D eigenvalue weighted by molar-refractivity contribution is 0.603. The van der Waals surface area contributed by atoms with Gasteiger partial charge in [-0.1, -0.05) is 19.1 Å². The van der Waals surface area contributed by atoms with Gasteiger partial charge in [0, 0.05) is 16.7 Å². The first kappa shape index (κ1) is 15.5.